The highest BCUT2D eigenvalue weighted by molar-refractivity contribution is 5.51. The van der Waals surface area contributed by atoms with Crippen LogP contribution in [0.25, 0.3) is 0 Å². The molecule has 4 heteroatoms. The van der Waals surface area contributed by atoms with Crippen LogP contribution in [0.4, 0.5) is 0 Å². The van der Waals surface area contributed by atoms with E-state index in [9.17, 15) is 10.2 Å². The summed E-state index contributed by atoms with van der Waals surface area (Å²) in [5.41, 5.74) is 2.83. The highest BCUT2D eigenvalue weighted by Crippen LogP contribution is 2.49. The van der Waals surface area contributed by atoms with Gasteiger partial charge in [-0.2, -0.15) is 0 Å². The molecule has 1 heterocycles. The van der Waals surface area contributed by atoms with Crippen LogP contribution >= 0.6 is 0 Å². The van der Waals surface area contributed by atoms with Gasteiger partial charge in [-0.05, 0) is 67.6 Å². The Labute approximate surface area is 195 Å². The molecule has 1 saturated heterocycles. The Bertz CT molecular complexity index is 743. The van der Waals surface area contributed by atoms with E-state index in [2.05, 4.69) is 39.2 Å². The molecular weight excluding hydrogens is 398 g/mol. The molecule has 180 valence electrons. The monoisotopic (exact) mass is 443 g/mol. The molecule has 3 rings (SSSR count). The molecule has 2 fully saturated rings. The van der Waals surface area contributed by atoms with Gasteiger partial charge in [-0.15, -0.1) is 0 Å². The number of aromatic hydroxyl groups is 2. The standard InChI is InChI=1S/C28H45NO3/c1-6-7-8-9-12-28(4,5)21-17-25(30)27(26(31)18-21)24-19-22(10-11-23(24)20(2)3)29-13-15-32-16-14-29/h17-18,22-24,30-31H,2,6-16,19H2,1,3-5H3/t22-,23+,24-/m1/s1. The van der Waals surface area contributed by atoms with E-state index >= 15 is 0 Å². The topological polar surface area (TPSA) is 52.9 Å². The molecule has 1 aliphatic carbocycles. The number of benzene rings is 1. The summed E-state index contributed by atoms with van der Waals surface area (Å²) >= 11 is 0. The Hall–Kier alpha value is -1.52. The first kappa shape index (κ1) is 25.1. The minimum atomic E-state index is -0.0715. The Morgan fingerprint density at radius 2 is 1.75 bits per heavy atom. The van der Waals surface area contributed by atoms with Crippen molar-refractivity contribution in [3.05, 3.63) is 35.4 Å². The van der Waals surface area contributed by atoms with Crippen LogP contribution in [0.3, 0.4) is 0 Å². The molecule has 0 radical (unpaired) electrons. The number of morpholine rings is 1. The molecule has 2 N–H and O–H groups in total. The summed E-state index contributed by atoms with van der Waals surface area (Å²) in [5.74, 6) is 0.883. The molecular formula is C28H45NO3. The second kappa shape index (κ2) is 11.1. The summed E-state index contributed by atoms with van der Waals surface area (Å²) in [6.45, 7) is 16.6. The van der Waals surface area contributed by atoms with Crippen molar-refractivity contribution in [1.29, 1.82) is 0 Å². The number of phenolic OH excluding ortho intramolecular Hbond substituents is 2. The molecule has 0 amide bonds. The first-order valence-electron chi connectivity index (χ1n) is 12.8. The van der Waals surface area contributed by atoms with Crippen molar-refractivity contribution in [3.8, 4) is 11.5 Å². The van der Waals surface area contributed by atoms with Gasteiger partial charge in [0.2, 0.25) is 0 Å². The third-order valence-corrected chi connectivity index (χ3v) is 7.96. The molecule has 0 spiro atoms. The number of rotatable bonds is 9. The van der Waals surface area contributed by atoms with Gasteiger partial charge < -0.3 is 14.9 Å². The molecule has 4 nitrogen and oxygen atoms in total. The quantitative estimate of drug-likeness (QED) is 0.337. The van der Waals surface area contributed by atoms with Gasteiger partial charge in [0.05, 0.1) is 13.2 Å². The summed E-state index contributed by atoms with van der Waals surface area (Å²) in [6, 6.07) is 4.30. The molecule has 1 aliphatic heterocycles. The first-order valence-corrected chi connectivity index (χ1v) is 12.8. The van der Waals surface area contributed by atoms with Gasteiger partial charge in [0.25, 0.3) is 0 Å². The van der Waals surface area contributed by atoms with Gasteiger partial charge in [0.1, 0.15) is 11.5 Å². The maximum absolute atomic E-state index is 11.2. The van der Waals surface area contributed by atoms with Gasteiger partial charge in [-0.3, -0.25) is 4.90 Å². The van der Waals surface area contributed by atoms with E-state index in [0.717, 1.165) is 68.7 Å². The van der Waals surface area contributed by atoms with Crippen molar-refractivity contribution in [1.82, 2.24) is 4.90 Å². The van der Waals surface area contributed by atoms with Crippen molar-refractivity contribution in [2.24, 2.45) is 5.92 Å². The largest absolute Gasteiger partial charge is 0.508 e. The van der Waals surface area contributed by atoms with Crippen LogP contribution in [0.5, 0.6) is 11.5 Å². The van der Waals surface area contributed by atoms with E-state index in [1.807, 2.05) is 12.1 Å². The van der Waals surface area contributed by atoms with Crippen molar-refractivity contribution in [2.75, 3.05) is 26.3 Å². The fourth-order valence-corrected chi connectivity index (χ4v) is 5.86. The van der Waals surface area contributed by atoms with E-state index in [-0.39, 0.29) is 28.7 Å². The molecule has 1 aromatic rings. The van der Waals surface area contributed by atoms with Gasteiger partial charge >= 0.3 is 0 Å². The average Bonchev–Trinajstić information content (AvgIpc) is 2.76. The van der Waals surface area contributed by atoms with Crippen molar-refractivity contribution in [2.45, 2.75) is 96.4 Å². The molecule has 0 aromatic heterocycles. The minimum absolute atomic E-state index is 0.0715. The second-order valence-corrected chi connectivity index (χ2v) is 10.8. The first-order chi connectivity index (χ1) is 15.2. The highest BCUT2D eigenvalue weighted by atomic mass is 16.5. The lowest BCUT2D eigenvalue weighted by Gasteiger charge is -2.43. The number of ether oxygens (including phenoxy) is 1. The molecule has 1 aromatic carbocycles. The third-order valence-electron chi connectivity index (χ3n) is 7.96. The van der Waals surface area contributed by atoms with Crippen molar-refractivity contribution in [3.63, 3.8) is 0 Å². The zero-order chi connectivity index (χ0) is 23.3. The van der Waals surface area contributed by atoms with Gasteiger partial charge in [-0.25, -0.2) is 0 Å². The summed E-state index contributed by atoms with van der Waals surface area (Å²) < 4.78 is 5.55. The fraction of sp³-hybridized carbons (Fsp3) is 0.714. The molecule has 1 saturated carbocycles. The zero-order valence-electron chi connectivity index (χ0n) is 20.8. The summed E-state index contributed by atoms with van der Waals surface area (Å²) in [4.78, 5) is 2.53. The molecule has 2 aliphatic rings. The minimum Gasteiger partial charge on any atom is -0.508 e. The fourth-order valence-electron chi connectivity index (χ4n) is 5.86. The molecule has 0 bridgehead atoms. The SMILES string of the molecule is C=C(C)[C@@H]1CC[C@@H](N2CCOCC2)C[C@H]1c1c(O)cc(C(C)(C)CCCCCC)cc1O. The smallest absolute Gasteiger partial charge is 0.123 e. The van der Waals surface area contributed by atoms with E-state index in [1.54, 1.807) is 0 Å². The lowest BCUT2D eigenvalue weighted by atomic mass is 9.69. The zero-order valence-corrected chi connectivity index (χ0v) is 20.8. The maximum Gasteiger partial charge on any atom is 0.123 e. The molecule has 32 heavy (non-hydrogen) atoms. The Balaban J connectivity index is 1.84. The van der Waals surface area contributed by atoms with E-state index in [0.29, 0.717) is 6.04 Å². The number of unbranched alkanes of at least 4 members (excludes halogenated alkanes) is 3. The predicted octanol–water partition coefficient (Wildman–Crippen LogP) is 6.51. The average molecular weight is 444 g/mol. The number of nitrogens with zero attached hydrogens (tertiary/aromatic N) is 1. The normalized spacial score (nSPS) is 25.1. The number of phenols is 2. The Morgan fingerprint density at radius 1 is 1.09 bits per heavy atom. The highest BCUT2D eigenvalue weighted by Gasteiger charge is 2.38. The van der Waals surface area contributed by atoms with Crippen LogP contribution in [0, 0.1) is 5.92 Å². The van der Waals surface area contributed by atoms with Crippen molar-refractivity contribution < 1.29 is 14.9 Å². The van der Waals surface area contributed by atoms with Crippen LogP contribution in [0.15, 0.2) is 24.3 Å². The van der Waals surface area contributed by atoms with E-state index in [1.165, 1.54) is 25.7 Å². The van der Waals surface area contributed by atoms with Gasteiger partial charge in [0.15, 0.2) is 0 Å². The lowest BCUT2D eigenvalue weighted by molar-refractivity contribution is 0.00323. The Morgan fingerprint density at radius 3 is 2.34 bits per heavy atom. The van der Waals surface area contributed by atoms with E-state index in [4.69, 9.17) is 4.74 Å². The molecule has 3 atom stereocenters. The number of hydrogen-bond acceptors (Lipinski definition) is 4. The van der Waals surface area contributed by atoms with Gasteiger partial charge in [0, 0.05) is 24.7 Å². The lowest BCUT2D eigenvalue weighted by Crippen LogP contribution is -2.46. The summed E-state index contributed by atoms with van der Waals surface area (Å²) in [7, 11) is 0. The third kappa shape index (κ3) is 5.88. The van der Waals surface area contributed by atoms with Gasteiger partial charge in [-0.1, -0.05) is 58.6 Å². The second-order valence-electron chi connectivity index (χ2n) is 10.8. The van der Waals surface area contributed by atoms with Crippen LogP contribution in [0.1, 0.15) is 96.1 Å². The van der Waals surface area contributed by atoms with E-state index < -0.39 is 0 Å². The van der Waals surface area contributed by atoms with Crippen LogP contribution in [-0.4, -0.2) is 47.5 Å². The summed E-state index contributed by atoms with van der Waals surface area (Å²) in [6.07, 6.45) is 9.09. The molecule has 0 unspecified atom stereocenters. The van der Waals surface area contributed by atoms with Crippen LogP contribution < -0.4 is 0 Å². The van der Waals surface area contributed by atoms with Crippen LogP contribution in [-0.2, 0) is 10.2 Å². The predicted molar refractivity (Wildman–Crippen MR) is 133 cm³/mol. The van der Waals surface area contributed by atoms with Crippen molar-refractivity contribution >= 4 is 0 Å². The van der Waals surface area contributed by atoms with Crippen LogP contribution in [0.2, 0.25) is 0 Å². The number of hydrogen-bond donors (Lipinski definition) is 2. The maximum atomic E-state index is 11.2. The summed E-state index contributed by atoms with van der Waals surface area (Å²) in [5, 5.41) is 22.3. The number of allylic oxidation sites excluding steroid dienone is 1. The Kier molecular flexibility index (Phi) is 8.68.